The van der Waals surface area contributed by atoms with E-state index >= 15 is 0 Å². The van der Waals surface area contributed by atoms with E-state index in [2.05, 4.69) is 30.4 Å². The van der Waals surface area contributed by atoms with Gasteiger partial charge in [-0.1, -0.05) is 29.8 Å². The molecule has 17 heavy (non-hydrogen) atoms. The molecule has 3 nitrogen and oxygen atoms in total. The Morgan fingerprint density at radius 1 is 1.53 bits per heavy atom. The Hall–Kier alpha value is -1.00. The molecule has 0 spiro atoms. The molecule has 0 aliphatic carbocycles. The van der Waals surface area contributed by atoms with Crippen LogP contribution in [0, 0.1) is 6.92 Å². The van der Waals surface area contributed by atoms with Crippen molar-refractivity contribution in [1.82, 2.24) is 5.32 Å². The lowest BCUT2D eigenvalue weighted by molar-refractivity contribution is -0.118. The molecule has 0 aliphatic heterocycles. The average Bonchev–Trinajstić information content (AvgIpc) is 2.26. The van der Waals surface area contributed by atoms with E-state index in [-0.39, 0.29) is 5.91 Å². The van der Waals surface area contributed by atoms with Crippen LogP contribution in [0.4, 0.5) is 0 Å². The third kappa shape index (κ3) is 6.34. The summed E-state index contributed by atoms with van der Waals surface area (Å²) in [5.41, 5.74) is 2.47. The van der Waals surface area contributed by atoms with Crippen molar-refractivity contribution in [2.24, 2.45) is 0 Å². The Labute approximate surface area is 107 Å². The predicted octanol–water partition coefficient (Wildman–Crippen LogP) is 1.73. The summed E-state index contributed by atoms with van der Waals surface area (Å²) in [5, 5.41) is 11.7. The van der Waals surface area contributed by atoms with E-state index in [4.69, 9.17) is 5.11 Å². The van der Waals surface area contributed by atoms with Crippen LogP contribution in [0.2, 0.25) is 0 Å². The van der Waals surface area contributed by atoms with Gasteiger partial charge in [-0.15, -0.1) is 11.8 Å². The molecule has 1 rings (SSSR count). The maximum absolute atomic E-state index is 11.4. The zero-order valence-electron chi connectivity index (χ0n) is 10.3. The summed E-state index contributed by atoms with van der Waals surface area (Å²) in [6, 6.07) is 8.27. The fourth-order valence-corrected chi connectivity index (χ4v) is 2.18. The molecule has 0 saturated heterocycles. The van der Waals surface area contributed by atoms with Crippen molar-refractivity contribution in [2.45, 2.75) is 25.7 Å². The van der Waals surface area contributed by atoms with Crippen molar-refractivity contribution in [1.29, 1.82) is 0 Å². The zero-order chi connectivity index (χ0) is 12.7. The van der Waals surface area contributed by atoms with Crippen LogP contribution in [0.1, 0.15) is 18.1 Å². The molecule has 0 radical (unpaired) electrons. The SMILES string of the molecule is Cc1cccc(CSCC(=O)NC[C@H](C)O)c1. The first-order chi connectivity index (χ1) is 8.08. The normalized spacial score (nSPS) is 12.2. The number of carbonyl (C=O) groups excluding carboxylic acids is 1. The summed E-state index contributed by atoms with van der Waals surface area (Å²) in [5.74, 6) is 1.24. The molecule has 1 aromatic rings. The minimum Gasteiger partial charge on any atom is -0.392 e. The van der Waals surface area contributed by atoms with Crippen molar-refractivity contribution in [3.8, 4) is 0 Å². The van der Waals surface area contributed by atoms with Gasteiger partial charge in [0.2, 0.25) is 5.91 Å². The summed E-state index contributed by atoms with van der Waals surface area (Å²) in [6.07, 6.45) is -0.485. The van der Waals surface area contributed by atoms with Crippen LogP contribution in [0.25, 0.3) is 0 Å². The van der Waals surface area contributed by atoms with E-state index in [1.54, 1.807) is 18.7 Å². The van der Waals surface area contributed by atoms with Gasteiger partial charge in [-0.25, -0.2) is 0 Å². The number of nitrogens with one attached hydrogen (secondary N) is 1. The molecule has 0 fully saturated rings. The predicted molar refractivity (Wildman–Crippen MR) is 72.0 cm³/mol. The molecule has 94 valence electrons. The van der Waals surface area contributed by atoms with Crippen LogP contribution in [-0.2, 0) is 10.5 Å². The summed E-state index contributed by atoms with van der Waals surface area (Å²) in [6.45, 7) is 4.04. The second-order valence-corrected chi connectivity index (χ2v) is 5.12. The number of hydrogen-bond donors (Lipinski definition) is 2. The fourth-order valence-electron chi connectivity index (χ4n) is 1.38. The topological polar surface area (TPSA) is 49.3 Å². The lowest BCUT2D eigenvalue weighted by Gasteiger charge is -2.07. The summed E-state index contributed by atoms with van der Waals surface area (Å²) in [7, 11) is 0. The quantitative estimate of drug-likeness (QED) is 0.811. The van der Waals surface area contributed by atoms with Crippen molar-refractivity contribution >= 4 is 17.7 Å². The average molecular weight is 253 g/mol. The number of aliphatic hydroxyl groups excluding tert-OH is 1. The zero-order valence-corrected chi connectivity index (χ0v) is 11.1. The number of benzene rings is 1. The smallest absolute Gasteiger partial charge is 0.230 e. The highest BCUT2D eigenvalue weighted by Crippen LogP contribution is 2.13. The molecule has 1 atom stereocenters. The van der Waals surface area contributed by atoms with Gasteiger partial charge in [0.1, 0.15) is 0 Å². The first kappa shape index (κ1) is 14.1. The van der Waals surface area contributed by atoms with Gasteiger partial charge in [0, 0.05) is 12.3 Å². The Morgan fingerprint density at radius 3 is 2.94 bits per heavy atom. The number of thioether (sulfide) groups is 1. The first-order valence-corrected chi connectivity index (χ1v) is 6.81. The van der Waals surface area contributed by atoms with Crippen molar-refractivity contribution in [3.05, 3.63) is 35.4 Å². The minimum absolute atomic E-state index is 0.0245. The second kappa shape index (κ2) is 7.35. The first-order valence-electron chi connectivity index (χ1n) is 5.66. The molecule has 0 heterocycles. The highest BCUT2D eigenvalue weighted by molar-refractivity contribution is 7.99. The molecule has 2 N–H and O–H groups in total. The molecule has 0 bridgehead atoms. The number of rotatable bonds is 6. The molecule has 1 amide bonds. The molecule has 0 saturated carbocycles. The number of hydrogen-bond acceptors (Lipinski definition) is 3. The molecule has 0 unspecified atom stereocenters. The largest absolute Gasteiger partial charge is 0.392 e. The van der Waals surface area contributed by atoms with Crippen molar-refractivity contribution in [3.63, 3.8) is 0 Å². The van der Waals surface area contributed by atoms with Gasteiger partial charge in [0.05, 0.1) is 11.9 Å². The monoisotopic (exact) mass is 253 g/mol. The van der Waals surface area contributed by atoms with Gasteiger partial charge in [-0.2, -0.15) is 0 Å². The van der Waals surface area contributed by atoms with E-state index in [0.29, 0.717) is 12.3 Å². The van der Waals surface area contributed by atoms with E-state index in [1.807, 2.05) is 6.07 Å². The highest BCUT2D eigenvalue weighted by atomic mass is 32.2. The standard InChI is InChI=1S/C13H19NO2S/c1-10-4-3-5-12(6-10)8-17-9-13(16)14-7-11(2)15/h3-6,11,15H,7-9H2,1-2H3,(H,14,16)/t11-/m0/s1. The fraction of sp³-hybridized carbons (Fsp3) is 0.462. The van der Waals surface area contributed by atoms with E-state index in [9.17, 15) is 4.79 Å². The third-order valence-corrected chi connectivity index (χ3v) is 3.18. The molecule has 0 aliphatic rings. The minimum atomic E-state index is -0.485. The maximum Gasteiger partial charge on any atom is 0.230 e. The van der Waals surface area contributed by atoms with Gasteiger partial charge >= 0.3 is 0 Å². The van der Waals surface area contributed by atoms with Gasteiger partial charge in [0.25, 0.3) is 0 Å². The van der Waals surface area contributed by atoms with Crippen molar-refractivity contribution < 1.29 is 9.90 Å². The van der Waals surface area contributed by atoms with Crippen LogP contribution in [0.3, 0.4) is 0 Å². The van der Waals surface area contributed by atoms with Gasteiger partial charge in [-0.05, 0) is 19.4 Å². The van der Waals surface area contributed by atoms with Crippen LogP contribution < -0.4 is 5.32 Å². The number of carbonyl (C=O) groups is 1. The highest BCUT2D eigenvalue weighted by Gasteiger charge is 2.03. The Morgan fingerprint density at radius 2 is 2.29 bits per heavy atom. The number of aliphatic hydroxyl groups is 1. The number of aryl methyl sites for hydroxylation is 1. The van der Waals surface area contributed by atoms with Crippen LogP contribution in [-0.4, -0.2) is 29.4 Å². The summed E-state index contributed by atoms with van der Waals surface area (Å²) < 4.78 is 0. The van der Waals surface area contributed by atoms with E-state index in [1.165, 1.54) is 11.1 Å². The van der Waals surface area contributed by atoms with Gasteiger partial charge < -0.3 is 10.4 Å². The summed E-state index contributed by atoms with van der Waals surface area (Å²) in [4.78, 5) is 11.4. The lowest BCUT2D eigenvalue weighted by Crippen LogP contribution is -2.31. The van der Waals surface area contributed by atoms with E-state index < -0.39 is 6.10 Å². The van der Waals surface area contributed by atoms with Crippen LogP contribution >= 0.6 is 11.8 Å². The Bertz CT molecular complexity index is 366. The van der Waals surface area contributed by atoms with Gasteiger partial charge in [0.15, 0.2) is 0 Å². The second-order valence-electron chi connectivity index (χ2n) is 4.13. The molecular formula is C13H19NO2S. The molecule has 1 aromatic carbocycles. The Kier molecular flexibility index (Phi) is 6.08. The molecule has 4 heteroatoms. The van der Waals surface area contributed by atoms with Crippen molar-refractivity contribution in [2.75, 3.05) is 12.3 Å². The molecule has 0 aromatic heterocycles. The Balaban J connectivity index is 2.21. The van der Waals surface area contributed by atoms with Gasteiger partial charge in [-0.3, -0.25) is 4.79 Å². The lowest BCUT2D eigenvalue weighted by atomic mass is 10.2. The van der Waals surface area contributed by atoms with Crippen LogP contribution in [0.15, 0.2) is 24.3 Å². The van der Waals surface area contributed by atoms with Crippen LogP contribution in [0.5, 0.6) is 0 Å². The number of amides is 1. The molecular weight excluding hydrogens is 234 g/mol. The maximum atomic E-state index is 11.4. The summed E-state index contributed by atoms with van der Waals surface area (Å²) >= 11 is 1.58. The van der Waals surface area contributed by atoms with E-state index in [0.717, 1.165) is 5.75 Å². The third-order valence-electron chi connectivity index (χ3n) is 2.18.